The molecule has 2 aromatic carbocycles. The van der Waals surface area contributed by atoms with Gasteiger partial charge in [-0.15, -0.1) is 0 Å². The van der Waals surface area contributed by atoms with Crippen LogP contribution in [0.4, 0.5) is 14.5 Å². The second-order valence-corrected chi connectivity index (χ2v) is 4.30. The predicted molar refractivity (Wildman–Crippen MR) is 71.7 cm³/mol. The number of hydrogen-bond acceptors (Lipinski definition) is 4. The van der Waals surface area contributed by atoms with Gasteiger partial charge in [0.1, 0.15) is 6.61 Å². The molecule has 21 heavy (non-hydrogen) atoms. The number of nitrogens with zero attached hydrogens (tertiary/aromatic N) is 1. The number of nitro groups is 1. The highest BCUT2D eigenvalue weighted by Crippen LogP contribution is 2.22. The minimum Gasteiger partial charge on any atom is -0.486 e. The fourth-order valence-electron chi connectivity index (χ4n) is 1.74. The summed E-state index contributed by atoms with van der Waals surface area (Å²) in [4.78, 5) is 9.68. The Morgan fingerprint density at radius 1 is 1.10 bits per heavy atom. The van der Waals surface area contributed by atoms with Crippen LogP contribution in [0.2, 0.25) is 0 Å². The Bertz CT molecular complexity index is 677. The lowest BCUT2D eigenvalue weighted by Crippen LogP contribution is -2.01. The zero-order chi connectivity index (χ0) is 15.4. The van der Waals surface area contributed by atoms with E-state index >= 15 is 0 Å². The molecule has 0 unspecified atom stereocenters. The van der Waals surface area contributed by atoms with Crippen LogP contribution in [0.1, 0.15) is 11.1 Å². The zero-order valence-electron chi connectivity index (χ0n) is 10.9. The fourth-order valence-corrected chi connectivity index (χ4v) is 1.74. The van der Waals surface area contributed by atoms with Gasteiger partial charge in [0.05, 0.1) is 4.92 Å². The summed E-state index contributed by atoms with van der Waals surface area (Å²) in [5.74, 6) is -1.52. The Kier molecular flexibility index (Phi) is 4.44. The molecule has 0 saturated heterocycles. The van der Waals surface area contributed by atoms with E-state index in [0.29, 0.717) is 11.1 Å². The van der Waals surface area contributed by atoms with Crippen molar-refractivity contribution in [3.05, 3.63) is 69.3 Å². The van der Waals surface area contributed by atoms with Gasteiger partial charge in [-0.1, -0.05) is 6.07 Å². The molecule has 0 atom stereocenters. The first-order valence-corrected chi connectivity index (χ1v) is 6.05. The van der Waals surface area contributed by atoms with Crippen LogP contribution in [0.3, 0.4) is 0 Å². The molecule has 7 heteroatoms. The molecule has 0 heterocycles. The molecule has 0 aliphatic rings. The Morgan fingerprint density at radius 3 is 2.33 bits per heavy atom. The first kappa shape index (κ1) is 14.9. The van der Waals surface area contributed by atoms with E-state index in [1.165, 1.54) is 18.2 Å². The van der Waals surface area contributed by atoms with Crippen molar-refractivity contribution in [2.75, 3.05) is 0 Å². The van der Waals surface area contributed by atoms with Crippen molar-refractivity contribution in [2.24, 2.45) is 5.73 Å². The molecule has 2 rings (SSSR count). The maximum atomic E-state index is 13.6. The van der Waals surface area contributed by atoms with E-state index in [1.807, 2.05) is 0 Å². The minimum atomic E-state index is -0.958. The second-order valence-electron chi connectivity index (χ2n) is 4.30. The molecule has 2 N–H and O–H groups in total. The van der Waals surface area contributed by atoms with Crippen LogP contribution in [0.15, 0.2) is 36.4 Å². The Hall–Kier alpha value is -2.54. The first-order valence-electron chi connectivity index (χ1n) is 6.05. The molecule has 0 saturated carbocycles. The van der Waals surface area contributed by atoms with Crippen LogP contribution >= 0.6 is 0 Å². The average molecular weight is 294 g/mol. The van der Waals surface area contributed by atoms with Crippen molar-refractivity contribution in [1.82, 2.24) is 0 Å². The van der Waals surface area contributed by atoms with Crippen molar-refractivity contribution < 1.29 is 18.4 Å². The lowest BCUT2D eigenvalue weighted by atomic mass is 10.2. The standard InChI is InChI=1S/C14H12F2N2O3/c15-11-6-10(1-3-13(11)18(19)20)8-21-14-4-2-9(7-17)5-12(14)16/h1-6H,7-8,17H2. The highest BCUT2D eigenvalue weighted by Gasteiger charge is 2.14. The minimum absolute atomic E-state index is 0.00552. The summed E-state index contributed by atoms with van der Waals surface area (Å²) in [6, 6.07) is 7.69. The topological polar surface area (TPSA) is 78.4 Å². The van der Waals surface area contributed by atoms with Gasteiger partial charge in [-0.05, 0) is 35.4 Å². The van der Waals surface area contributed by atoms with Crippen LogP contribution in [-0.2, 0) is 13.2 Å². The lowest BCUT2D eigenvalue weighted by Gasteiger charge is -2.08. The number of rotatable bonds is 5. The summed E-state index contributed by atoms with van der Waals surface area (Å²) in [7, 11) is 0. The van der Waals surface area contributed by atoms with Gasteiger partial charge in [-0.25, -0.2) is 4.39 Å². The third-order valence-electron chi connectivity index (χ3n) is 2.84. The Balaban J connectivity index is 2.10. The van der Waals surface area contributed by atoms with E-state index in [0.717, 1.165) is 12.1 Å². The number of benzene rings is 2. The molecule has 0 aliphatic carbocycles. The maximum absolute atomic E-state index is 13.6. The smallest absolute Gasteiger partial charge is 0.304 e. The highest BCUT2D eigenvalue weighted by molar-refractivity contribution is 5.35. The largest absolute Gasteiger partial charge is 0.486 e. The SMILES string of the molecule is NCc1ccc(OCc2ccc([N+](=O)[O-])c(F)c2)c(F)c1. The van der Waals surface area contributed by atoms with Gasteiger partial charge in [0, 0.05) is 12.6 Å². The fraction of sp³-hybridized carbons (Fsp3) is 0.143. The van der Waals surface area contributed by atoms with E-state index in [2.05, 4.69) is 0 Å². The molecule has 0 bridgehead atoms. The van der Waals surface area contributed by atoms with Crippen LogP contribution in [0.25, 0.3) is 0 Å². The van der Waals surface area contributed by atoms with E-state index in [-0.39, 0.29) is 18.9 Å². The van der Waals surface area contributed by atoms with Gasteiger partial charge in [-0.3, -0.25) is 10.1 Å². The molecule has 0 spiro atoms. The predicted octanol–water partition coefficient (Wildman–Crippen LogP) is 2.91. The highest BCUT2D eigenvalue weighted by atomic mass is 19.1. The average Bonchev–Trinajstić information content (AvgIpc) is 2.45. The normalized spacial score (nSPS) is 10.4. The third-order valence-corrected chi connectivity index (χ3v) is 2.84. The Morgan fingerprint density at radius 2 is 1.76 bits per heavy atom. The molecule has 0 amide bonds. The second kappa shape index (κ2) is 6.27. The summed E-state index contributed by atoms with van der Waals surface area (Å²) >= 11 is 0. The molecule has 0 aliphatic heterocycles. The van der Waals surface area contributed by atoms with Gasteiger partial charge in [0.15, 0.2) is 11.6 Å². The Labute approximate surface area is 119 Å². The molecular weight excluding hydrogens is 282 g/mol. The molecular formula is C14H12F2N2O3. The van der Waals surface area contributed by atoms with Gasteiger partial charge in [0.25, 0.3) is 0 Å². The summed E-state index contributed by atoms with van der Waals surface area (Å²) in [6.45, 7) is 0.110. The quantitative estimate of drug-likeness (QED) is 0.679. The number of nitrogens with two attached hydrogens (primary N) is 1. The van der Waals surface area contributed by atoms with Crippen molar-refractivity contribution in [1.29, 1.82) is 0 Å². The van der Waals surface area contributed by atoms with Gasteiger partial charge in [0.2, 0.25) is 5.82 Å². The molecule has 0 fully saturated rings. The monoisotopic (exact) mass is 294 g/mol. The number of hydrogen-bond donors (Lipinski definition) is 1. The number of halogens is 2. The lowest BCUT2D eigenvalue weighted by molar-refractivity contribution is -0.387. The molecule has 5 nitrogen and oxygen atoms in total. The van der Waals surface area contributed by atoms with Crippen molar-refractivity contribution in [3.63, 3.8) is 0 Å². The van der Waals surface area contributed by atoms with Crippen LogP contribution in [0, 0.1) is 21.7 Å². The molecule has 0 aromatic heterocycles. The third kappa shape index (κ3) is 3.51. The van der Waals surface area contributed by atoms with Crippen molar-refractivity contribution in [3.8, 4) is 5.75 Å². The summed E-state index contributed by atoms with van der Waals surface area (Å²) in [5, 5.41) is 10.5. The zero-order valence-corrected chi connectivity index (χ0v) is 10.9. The van der Waals surface area contributed by atoms with E-state index in [9.17, 15) is 18.9 Å². The van der Waals surface area contributed by atoms with Crippen molar-refractivity contribution in [2.45, 2.75) is 13.2 Å². The van der Waals surface area contributed by atoms with Gasteiger partial charge in [-0.2, -0.15) is 4.39 Å². The van der Waals surface area contributed by atoms with Crippen LogP contribution < -0.4 is 10.5 Å². The number of nitro benzene ring substituents is 1. The molecule has 2 aromatic rings. The first-order chi connectivity index (χ1) is 10.0. The van der Waals surface area contributed by atoms with Crippen molar-refractivity contribution >= 4 is 5.69 Å². The van der Waals surface area contributed by atoms with E-state index < -0.39 is 22.2 Å². The summed E-state index contributed by atoms with van der Waals surface area (Å²) < 4.78 is 32.3. The van der Waals surface area contributed by atoms with Crippen LogP contribution in [-0.4, -0.2) is 4.92 Å². The summed E-state index contributed by atoms with van der Waals surface area (Å²) in [5.41, 5.74) is 5.76. The van der Waals surface area contributed by atoms with Gasteiger partial charge < -0.3 is 10.5 Å². The van der Waals surface area contributed by atoms with Crippen LogP contribution in [0.5, 0.6) is 5.75 Å². The maximum Gasteiger partial charge on any atom is 0.304 e. The van der Waals surface area contributed by atoms with E-state index in [4.69, 9.17) is 10.5 Å². The number of ether oxygens (including phenoxy) is 1. The molecule has 110 valence electrons. The molecule has 0 radical (unpaired) electrons. The summed E-state index contributed by atoms with van der Waals surface area (Å²) in [6.07, 6.45) is 0. The van der Waals surface area contributed by atoms with Gasteiger partial charge >= 0.3 is 5.69 Å². The van der Waals surface area contributed by atoms with E-state index in [1.54, 1.807) is 6.07 Å².